The van der Waals surface area contributed by atoms with Gasteiger partial charge in [0.05, 0.1) is 5.92 Å². The van der Waals surface area contributed by atoms with Crippen molar-refractivity contribution in [3.8, 4) is 11.1 Å². The summed E-state index contributed by atoms with van der Waals surface area (Å²) in [6, 6.07) is 16.3. The molecule has 5 nitrogen and oxygen atoms in total. The van der Waals surface area contributed by atoms with E-state index in [1.165, 1.54) is 22.3 Å². The lowest BCUT2D eigenvalue weighted by molar-refractivity contribution is -0.142. The second-order valence-corrected chi connectivity index (χ2v) is 7.69. The number of nitrogens with zero attached hydrogens (tertiary/aromatic N) is 1. The molecular formula is C22H21NO4. The van der Waals surface area contributed by atoms with E-state index < -0.39 is 11.9 Å². The molecule has 1 aliphatic carbocycles. The van der Waals surface area contributed by atoms with Gasteiger partial charge in [-0.1, -0.05) is 48.5 Å². The van der Waals surface area contributed by atoms with E-state index in [2.05, 4.69) is 24.3 Å². The van der Waals surface area contributed by atoms with Crippen LogP contribution in [0.3, 0.4) is 0 Å². The molecule has 2 fully saturated rings. The van der Waals surface area contributed by atoms with E-state index in [-0.39, 0.29) is 30.7 Å². The Morgan fingerprint density at radius 1 is 1.00 bits per heavy atom. The Balaban J connectivity index is 1.35. The summed E-state index contributed by atoms with van der Waals surface area (Å²) in [4.78, 5) is 25.9. The van der Waals surface area contributed by atoms with Gasteiger partial charge < -0.3 is 14.7 Å². The van der Waals surface area contributed by atoms with Crippen LogP contribution in [0, 0.1) is 5.92 Å². The van der Waals surface area contributed by atoms with Crippen LogP contribution in [0.4, 0.5) is 4.79 Å². The van der Waals surface area contributed by atoms with Crippen LogP contribution in [0.15, 0.2) is 48.5 Å². The summed E-state index contributed by atoms with van der Waals surface area (Å²) < 4.78 is 5.73. The summed E-state index contributed by atoms with van der Waals surface area (Å²) in [5, 5.41) is 9.38. The molecule has 2 aromatic carbocycles. The van der Waals surface area contributed by atoms with Gasteiger partial charge in [-0.05, 0) is 41.5 Å². The maximum absolute atomic E-state index is 12.8. The van der Waals surface area contributed by atoms with Gasteiger partial charge in [0.2, 0.25) is 0 Å². The lowest BCUT2D eigenvalue weighted by Crippen LogP contribution is -2.38. The molecule has 2 bridgehead atoms. The predicted molar refractivity (Wildman–Crippen MR) is 99.5 cm³/mol. The normalized spacial score (nSPS) is 25.3. The molecule has 138 valence electrons. The number of ether oxygens (including phenoxy) is 1. The number of benzene rings is 2. The van der Waals surface area contributed by atoms with E-state index in [4.69, 9.17) is 4.74 Å². The van der Waals surface area contributed by atoms with E-state index in [1.807, 2.05) is 24.3 Å². The largest absolute Gasteiger partial charge is 0.481 e. The summed E-state index contributed by atoms with van der Waals surface area (Å²) in [5.41, 5.74) is 4.75. The van der Waals surface area contributed by atoms with Gasteiger partial charge in [0, 0.05) is 18.0 Å². The summed E-state index contributed by atoms with van der Waals surface area (Å²) in [6.45, 7) is 0.278. The van der Waals surface area contributed by atoms with E-state index >= 15 is 0 Å². The summed E-state index contributed by atoms with van der Waals surface area (Å²) in [7, 11) is 0. The molecular weight excluding hydrogens is 342 g/mol. The lowest BCUT2D eigenvalue weighted by Gasteiger charge is -2.23. The fraction of sp³-hybridized carbons (Fsp3) is 0.364. The quantitative estimate of drug-likeness (QED) is 0.899. The van der Waals surface area contributed by atoms with Crippen LogP contribution in [0.2, 0.25) is 0 Å². The fourth-order valence-electron chi connectivity index (χ4n) is 5.21. The molecule has 0 aromatic heterocycles. The molecule has 3 aliphatic rings. The SMILES string of the molecule is O=C(O)[C@@H]1C[C@@H]2CC[C@H]1N2C(=O)OCC1c2ccccc2-c2ccccc21. The molecule has 0 saturated carbocycles. The molecule has 3 atom stereocenters. The zero-order chi connectivity index (χ0) is 18.5. The molecule has 27 heavy (non-hydrogen) atoms. The number of hydrogen-bond donors (Lipinski definition) is 1. The summed E-state index contributed by atoms with van der Waals surface area (Å²) in [5.74, 6) is -1.24. The average Bonchev–Trinajstić information content (AvgIpc) is 3.36. The van der Waals surface area contributed by atoms with Crippen LogP contribution >= 0.6 is 0 Å². The summed E-state index contributed by atoms with van der Waals surface area (Å²) >= 11 is 0. The highest BCUT2D eigenvalue weighted by atomic mass is 16.6. The highest BCUT2D eigenvalue weighted by molar-refractivity contribution is 5.79. The number of hydrogen-bond acceptors (Lipinski definition) is 3. The fourth-order valence-corrected chi connectivity index (χ4v) is 5.21. The molecule has 5 heteroatoms. The number of carboxylic acid groups (broad SMARTS) is 1. The Labute approximate surface area is 157 Å². The molecule has 5 rings (SSSR count). The van der Waals surface area contributed by atoms with Crippen molar-refractivity contribution in [3.63, 3.8) is 0 Å². The van der Waals surface area contributed by atoms with Crippen LogP contribution in [-0.4, -0.2) is 40.8 Å². The third-order valence-corrected chi connectivity index (χ3v) is 6.40. The maximum Gasteiger partial charge on any atom is 0.410 e. The highest BCUT2D eigenvalue weighted by Crippen LogP contribution is 2.45. The van der Waals surface area contributed by atoms with Crippen LogP contribution in [0.25, 0.3) is 11.1 Å². The van der Waals surface area contributed by atoms with Crippen molar-refractivity contribution in [2.45, 2.75) is 37.3 Å². The van der Waals surface area contributed by atoms with Gasteiger partial charge in [-0.2, -0.15) is 0 Å². The molecule has 2 aromatic rings. The van der Waals surface area contributed by atoms with Crippen molar-refractivity contribution in [1.82, 2.24) is 4.90 Å². The lowest BCUT2D eigenvalue weighted by atomic mass is 9.89. The number of carboxylic acids is 1. The van der Waals surface area contributed by atoms with Crippen LogP contribution in [-0.2, 0) is 9.53 Å². The number of aliphatic carboxylic acids is 1. The number of fused-ring (bicyclic) bond motifs is 5. The van der Waals surface area contributed by atoms with Gasteiger partial charge in [0.25, 0.3) is 0 Å². The first-order valence-electron chi connectivity index (χ1n) is 9.51. The van der Waals surface area contributed by atoms with Crippen LogP contribution in [0.1, 0.15) is 36.3 Å². The number of carbonyl (C=O) groups excluding carboxylic acids is 1. The van der Waals surface area contributed by atoms with Gasteiger partial charge in [-0.25, -0.2) is 4.79 Å². The van der Waals surface area contributed by atoms with Crippen molar-refractivity contribution < 1.29 is 19.4 Å². The van der Waals surface area contributed by atoms with Crippen molar-refractivity contribution in [2.75, 3.05) is 6.61 Å². The zero-order valence-electron chi connectivity index (χ0n) is 14.9. The smallest absolute Gasteiger partial charge is 0.410 e. The number of amides is 1. The van der Waals surface area contributed by atoms with Crippen LogP contribution < -0.4 is 0 Å². The molecule has 2 saturated heterocycles. The van der Waals surface area contributed by atoms with Crippen molar-refractivity contribution in [3.05, 3.63) is 59.7 Å². The van der Waals surface area contributed by atoms with Crippen molar-refractivity contribution in [1.29, 1.82) is 0 Å². The number of carbonyl (C=O) groups is 2. The third-order valence-electron chi connectivity index (χ3n) is 6.40. The first-order valence-corrected chi connectivity index (χ1v) is 9.51. The van der Waals surface area contributed by atoms with E-state index in [0.717, 1.165) is 12.8 Å². The Morgan fingerprint density at radius 3 is 2.22 bits per heavy atom. The minimum atomic E-state index is -0.807. The van der Waals surface area contributed by atoms with E-state index in [9.17, 15) is 14.7 Å². The van der Waals surface area contributed by atoms with Gasteiger partial charge in [0.1, 0.15) is 6.61 Å². The zero-order valence-corrected chi connectivity index (χ0v) is 14.9. The average molecular weight is 363 g/mol. The minimum absolute atomic E-state index is 0.00625. The van der Waals surface area contributed by atoms with E-state index in [1.54, 1.807) is 4.90 Å². The van der Waals surface area contributed by atoms with Gasteiger partial charge in [0.15, 0.2) is 0 Å². The third kappa shape index (κ3) is 2.45. The van der Waals surface area contributed by atoms with Gasteiger partial charge in [-0.15, -0.1) is 0 Å². The second-order valence-electron chi connectivity index (χ2n) is 7.69. The van der Waals surface area contributed by atoms with Gasteiger partial charge in [-0.3, -0.25) is 4.79 Å². The Morgan fingerprint density at radius 2 is 1.63 bits per heavy atom. The van der Waals surface area contributed by atoms with Gasteiger partial charge >= 0.3 is 12.1 Å². The van der Waals surface area contributed by atoms with Crippen LogP contribution in [0.5, 0.6) is 0 Å². The molecule has 1 N–H and O–H groups in total. The molecule has 0 radical (unpaired) electrons. The predicted octanol–water partition coefficient (Wildman–Crippen LogP) is 3.87. The number of rotatable bonds is 3. The monoisotopic (exact) mass is 363 g/mol. The summed E-state index contributed by atoms with van der Waals surface area (Å²) in [6.07, 6.45) is 1.81. The topological polar surface area (TPSA) is 66.8 Å². The minimum Gasteiger partial charge on any atom is -0.481 e. The maximum atomic E-state index is 12.8. The Bertz CT molecular complexity index is 879. The highest BCUT2D eigenvalue weighted by Gasteiger charge is 2.52. The first kappa shape index (κ1) is 16.4. The standard InChI is InChI=1S/C22H21NO4/c24-21(25)18-11-13-9-10-20(18)23(13)22(26)27-12-19-16-7-3-1-5-14(16)15-6-2-4-8-17(15)19/h1-8,13,18-20H,9-12H2,(H,24,25)/t13-,18+,20+/m0/s1. The molecule has 2 aliphatic heterocycles. The molecule has 1 amide bonds. The Hall–Kier alpha value is -2.82. The second kappa shape index (κ2) is 6.12. The van der Waals surface area contributed by atoms with Crippen molar-refractivity contribution >= 4 is 12.1 Å². The molecule has 0 spiro atoms. The molecule has 2 heterocycles. The molecule has 0 unspecified atom stereocenters. The Kier molecular flexibility index (Phi) is 3.71. The van der Waals surface area contributed by atoms with Crippen molar-refractivity contribution in [2.24, 2.45) is 5.92 Å². The van der Waals surface area contributed by atoms with E-state index in [0.29, 0.717) is 6.42 Å². The first-order chi connectivity index (χ1) is 13.1.